The highest BCUT2D eigenvalue weighted by atomic mass is 15.0. The first-order chi connectivity index (χ1) is 15.1. The van der Waals surface area contributed by atoms with E-state index in [1.165, 1.54) is 11.1 Å². The molecule has 1 aromatic heterocycles. The molecule has 3 heteroatoms. The predicted molar refractivity (Wildman–Crippen MR) is 134 cm³/mol. The molecule has 0 N–H and O–H groups in total. The molecule has 0 amide bonds. The summed E-state index contributed by atoms with van der Waals surface area (Å²) in [6.07, 6.45) is 14.0. The number of hydrogen-bond acceptors (Lipinski definition) is 2. The number of rotatable bonds is 8. The van der Waals surface area contributed by atoms with Crippen molar-refractivity contribution in [2.45, 2.75) is 19.8 Å². The van der Waals surface area contributed by atoms with E-state index in [0.717, 1.165) is 28.1 Å². The highest BCUT2D eigenvalue weighted by Gasteiger charge is 2.21. The number of aryl methyl sites for hydroxylation is 1. The van der Waals surface area contributed by atoms with Crippen molar-refractivity contribution >= 4 is 24.1 Å². The Morgan fingerprint density at radius 1 is 1.16 bits per heavy atom. The zero-order chi connectivity index (χ0) is 22.2. The summed E-state index contributed by atoms with van der Waals surface area (Å²) in [5, 5.41) is 0. The van der Waals surface area contributed by atoms with Crippen molar-refractivity contribution in [3.63, 3.8) is 0 Å². The van der Waals surface area contributed by atoms with Crippen molar-refractivity contribution in [2.24, 2.45) is 12.0 Å². The van der Waals surface area contributed by atoms with Crippen LogP contribution in [0.3, 0.4) is 0 Å². The first-order valence-corrected chi connectivity index (χ1v) is 10.3. The van der Waals surface area contributed by atoms with Crippen LogP contribution in [-0.2, 0) is 7.05 Å². The van der Waals surface area contributed by atoms with Gasteiger partial charge in [0.05, 0.1) is 17.9 Å². The zero-order valence-corrected chi connectivity index (χ0v) is 18.5. The molecule has 0 saturated heterocycles. The van der Waals surface area contributed by atoms with Gasteiger partial charge in [0.1, 0.15) is 0 Å². The van der Waals surface area contributed by atoms with Crippen molar-refractivity contribution in [1.82, 2.24) is 9.55 Å². The fourth-order valence-electron chi connectivity index (χ4n) is 3.79. The monoisotopic (exact) mass is 407 g/mol. The Morgan fingerprint density at radius 2 is 1.94 bits per heavy atom. The minimum Gasteiger partial charge on any atom is -0.337 e. The van der Waals surface area contributed by atoms with E-state index in [2.05, 4.69) is 95.5 Å². The fourth-order valence-corrected chi connectivity index (χ4v) is 3.79. The number of aliphatic imine (C=N–C) groups is 1. The van der Waals surface area contributed by atoms with Crippen LogP contribution in [0.2, 0.25) is 0 Å². The molecule has 1 atom stereocenters. The highest BCUT2D eigenvalue weighted by Crippen LogP contribution is 2.36. The lowest BCUT2D eigenvalue weighted by Crippen LogP contribution is -2.08. The first-order valence-electron chi connectivity index (χ1n) is 10.3. The first kappa shape index (κ1) is 22.0. The molecule has 3 rings (SSSR count). The molecule has 0 spiro atoms. The number of hydrogen-bond donors (Lipinski definition) is 0. The van der Waals surface area contributed by atoms with Gasteiger partial charge in [-0.25, -0.2) is 4.98 Å². The molecule has 0 aliphatic rings. The Balaban J connectivity index is 2.18. The van der Waals surface area contributed by atoms with Crippen LogP contribution < -0.4 is 0 Å². The number of benzene rings is 2. The maximum Gasteiger partial charge on any atom is 0.0945 e. The second-order valence-electron chi connectivity index (χ2n) is 7.43. The van der Waals surface area contributed by atoms with Crippen LogP contribution in [0.25, 0.3) is 11.6 Å². The topological polar surface area (TPSA) is 30.2 Å². The van der Waals surface area contributed by atoms with Crippen molar-refractivity contribution < 1.29 is 0 Å². The van der Waals surface area contributed by atoms with Crippen LogP contribution in [0.4, 0.5) is 5.69 Å². The molecule has 0 fully saturated rings. The Bertz CT molecular complexity index is 1140. The molecule has 1 heterocycles. The zero-order valence-electron chi connectivity index (χ0n) is 18.5. The number of imidazole rings is 1. The van der Waals surface area contributed by atoms with Gasteiger partial charge in [-0.2, -0.15) is 0 Å². The van der Waals surface area contributed by atoms with Gasteiger partial charge < -0.3 is 4.57 Å². The lowest BCUT2D eigenvalue weighted by atomic mass is 9.86. The Kier molecular flexibility index (Phi) is 7.34. The summed E-state index contributed by atoms with van der Waals surface area (Å²) < 4.78 is 2.06. The molecular weight excluding hydrogens is 378 g/mol. The van der Waals surface area contributed by atoms with Crippen molar-refractivity contribution in [3.8, 4) is 0 Å². The van der Waals surface area contributed by atoms with Gasteiger partial charge in [0.15, 0.2) is 0 Å². The number of aromatic nitrogens is 2. The minimum absolute atomic E-state index is 0.0183. The van der Waals surface area contributed by atoms with Crippen molar-refractivity contribution in [3.05, 3.63) is 120 Å². The van der Waals surface area contributed by atoms with Gasteiger partial charge in [-0.05, 0) is 61.0 Å². The van der Waals surface area contributed by atoms with E-state index in [1.54, 1.807) is 0 Å². The third-order valence-electron chi connectivity index (χ3n) is 5.31. The van der Waals surface area contributed by atoms with E-state index in [1.807, 2.05) is 44.7 Å². The molecule has 0 bridgehead atoms. The average Bonchev–Trinajstić information content (AvgIpc) is 3.20. The average molecular weight is 408 g/mol. The van der Waals surface area contributed by atoms with E-state index < -0.39 is 0 Å². The normalized spacial score (nSPS) is 13.4. The maximum absolute atomic E-state index is 4.36. The molecule has 1 unspecified atom stereocenters. The lowest BCUT2D eigenvalue weighted by molar-refractivity contribution is 0.792. The summed E-state index contributed by atoms with van der Waals surface area (Å²) in [4.78, 5) is 8.62. The van der Waals surface area contributed by atoms with Gasteiger partial charge in [-0.15, -0.1) is 0 Å². The summed E-state index contributed by atoms with van der Waals surface area (Å²) in [6.45, 7) is 11.8. The standard InChI is InChI=1S/C28H29N3/c1-6-11-23(12-7-2)28(27-19-30-20-31(27)5)24-15-16-26(29-4)25(18-24)17-21(3)22-13-9-8-10-14-22/h6-20,28H,1,4H2,2-3,5H3/b12-7-,21-17+,23-11+. The summed E-state index contributed by atoms with van der Waals surface area (Å²) in [7, 11) is 2.02. The second-order valence-corrected chi connectivity index (χ2v) is 7.43. The Morgan fingerprint density at radius 3 is 2.55 bits per heavy atom. The minimum atomic E-state index is 0.0183. The van der Waals surface area contributed by atoms with E-state index in [9.17, 15) is 0 Å². The summed E-state index contributed by atoms with van der Waals surface area (Å²) in [6, 6.07) is 16.7. The molecule has 3 nitrogen and oxygen atoms in total. The molecule has 156 valence electrons. The molecule has 0 aliphatic carbocycles. The lowest BCUT2D eigenvalue weighted by Gasteiger charge is -2.21. The van der Waals surface area contributed by atoms with Gasteiger partial charge in [0.25, 0.3) is 0 Å². The van der Waals surface area contributed by atoms with E-state index in [4.69, 9.17) is 0 Å². The van der Waals surface area contributed by atoms with Crippen LogP contribution in [0.15, 0.2) is 103 Å². The van der Waals surface area contributed by atoms with Gasteiger partial charge in [-0.3, -0.25) is 4.99 Å². The highest BCUT2D eigenvalue weighted by molar-refractivity contribution is 5.84. The third-order valence-corrected chi connectivity index (χ3v) is 5.31. The number of allylic oxidation sites excluding steroid dienone is 6. The molecule has 31 heavy (non-hydrogen) atoms. The predicted octanol–water partition coefficient (Wildman–Crippen LogP) is 7.13. The molecule has 0 saturated carbocycles. The fraction of sp³-hybridized carbons (Fsp3) is 0.143. The van der Waals surface area contributed by atoms with E-state index >= 15 is 0 Å². The second kappa shape index (κ2) is 10.4. The van der Waals surface area contributed by atoms with Crippen LogP contribution in [0, 0.1) is 0 Å². The van der Waals surface area contributed by atoms with E-state index in [-0.39, 0.29) is 5.92 Å². The van der Waals surface area contributed by atoms with Crippen molar-refractivity contribution in [1.29, 1.82) is 0 Å². The molecule has 0 aliphatic heterocycles. The van der Waals surface area contributed by atoms with Gasteiger partial charge in [0, 0.05) is 24.5 Å². The van der Waals surface area contributed by atoms with Crippen molar-refractivity contribution in [2.75, 3.05) is 0 Å². The summed E-state index contributed by atoms with van der Waals surface area (Å²) in [5.74, 6) is 0.0183. The number of nitrogens with zero attached hydrogens (tertiary/aromatic N) is 3. The summed E-state index contributed by atoms with van der Waals surface area (Å²) >= 11 is 0. The molecule has 2 aromatic carbocycles. The van der Waals surface area contributed by atoms with Crippen LogP contribution in [-0.4, -0.2) is 16.3 Å². The third kappa shape index (κ3) is 5.07. The molecule has 0 radical (unpaired) electrons. The van der Waals surface area contributed by atoms with Crippen LogP contribution in [0.5, 0.6) is 0 Å². The summed E-state index contributed by atoms with van der Waals surface area (Å²) in [5.41, 5.74) is 7.69. The van der Waals surface area contributed by atoms with Crippen LogP contribution in [0.1, 0.15) is 42.1 Å². The molecular formula is C28H29N3. The van der Waals surface area contributed by atoms with Gasteiger partial charge >= 0.3 is 0 Å². The SMILES string of the molecule is C=C/C=C(\C=C/C)C(c1ccc(N=C)c(/C=C(\C)c2ccccc2)c1)c1cncn1C. The largest absolute Gasteiger partial charge is 0.337 e. The Labute approximate surface area is 185 Å². The molecule has 3 aromatic rings. The van der Waals surface area contributed by atoms with Gasteiger partial charge in [0.2, 0.25) is 0 Å². The van der Waals surface area contributed by atoms with E-state index in [0.29, 0.717) is 0 Å². The van der Waals surface area contributed by atoms with Crippen LogP contribution >= 0.6 is 0 Å². The Hall–Kier alpha value is -3.72. The van der Waals surface area contributed by atoms with Gasteiger partial charge in [-0.1, -0.05) is 67.3 Å². The maximum atomic E-state index is 4.36. The smallest absolute Gasteiger partial charge is 0.0945 e. The quantitative estimate of drug-likeness (QED) is 0.222.